The topological polar surface area (TPSA) is 0 Å². The summed E-state index contributed by atoms with van der Waals surface area (Å²) in [5.41, 5.74) is -9.22. The highest BCUT2D eigenvalue weighted by Gasteiger charge is 2.54. The van der Waals surface area contributed by atoms with Gasteiger partial charge >= 0.3 is 0 Å². The fraction of sp³-hybridized carbons (Fsp3) is 0. The van der Waals surface area contributed by atoms with Gasteiger partial charge in [-0.05, 0) is 0 Å². The molecule has 0 aliphatic rings. The largest absolute Gasteiger partial charge is 0.208 e. The maximum Gasteiger partial charge on any atom is 0.208 e. The second kappa shape index (κ2) is 11.3. The van der Waals surface area contributed by atoms with Crippen molar-refractivity contribution in [1.82, 2.24) is 0 Å². The molecule has 1 aromatic heterocycles. The Labute approximate surface area is 252 Å². The van der Waals surface area contributed by atoms with Gasteiger partial charge in [-0.2, -0.15) is 8.78 Å². The van der Waals surface area contributed by atoms with Crippen LogP contribution in [-0.4, -0.2) is 6.15 Å². The fourth-order valence-corrected chi connectivity index (χ4v) is 8.07. The predicted octanol–water partition coefficient (Wildman–Crippen LogP) is 7.26. The molecule has 0 aliphatic carbocycles. The summed E-state index contributed by atoms with van der Waals surface area (Å²) in [4.78, 5) is 0. The summed E-state index contributed by atoms with van der Waals surface area (Å²) in [6.07, 6.45) is -6.36. The molecule has 0 spiro atoms. The molecule has 0 atom stereocenters. The van der Waals surface area contributed by atoms with Gasteiger partial charge in [0, 0.05) is 22.7 Å². The minimum absolute atomic E-state index is 0.939. The third-order valence-electron chi connectivity index (χ3n) is 6.97. The van der Waals surface area contributed by atoms with Gasteiger partial charge in [-0.3, -0.25) is 0 Å². The van der Waals surface area contributed by atoms with Gasteiger partial charge in [0.15, 0.2) is 52.4 Å². The zero-order chi connectivity index (χ0) is 35.3. The minimum atomic E-state index is -6.36. The smallest absolute Gasteiger partial charge is 0.207 e. The van der Waals surface area contributed by atoms with E-state index >= 15 is 26.3 Å². The molecule has 0 bridgehead atoms. The second-order valence-corrected chi connectivity index (χ2v) is 11.6. The van der Waals surface area contributed by atoms with Crippen molar-refractivity contribution >= 4 is 58.7 Å². The highest BCUT2D eigenvalue weighted by atomic mass is 32.2. The van der Waals surface area contributed by atoms with Crippen LogP contribution >= 0.6 is 22.7 Å². The van der Waals surface area contributed by atoms with Crippen LogP contribution in [0.25, 0.3) is 9.40 Å². The normalized spacial score (nSPS) is 12.1. The molecule has 0 aliphatic heterocycles. The lowest BCUT2D eigenvalue weighted by Gasteiger charge is -2.39. The Morgan fingerprint density at radius 2 is 0.532 bits per heavy atom. The summed E-state index contributed by atoms with van der Waals surface area (Å²) >= 11 is -1.88. The van der Waals surface area contributed by atoms with Crippen LogP contribution in [0.1, 0.15) is 0 Å². The van der Waals surface area contributed by atoms with Gasteiger partial charge in [-0.1, -0.05) is 0 Å². The van der Waals surface area contributed by atoms with Gasteiger partial charge < -0.3 is 0 Å². The third kappa shape index (κ3) is 4.35. The van der Waals surface area contributed by atoms with Crippen LogP contribution in [0.2, 0.25) is 0 Å². The van der Waals surface area contributed by atoms with Crippen molar-refractivity contribution in [2.75, 3.05) is 0 Å². The molecular formula is C25BF19S2. The molecule has 248 valence electrons. The van der Waals surface area contributed by atoms with Crippen LogP contribution in [-0.2, 0) is 0 Å². The second-order valence-electron chi connectivity index (χ2n) is 9.25. The summed E-state index contributed by atoms with van der Waals surface area (Å²) in [7, 11) is 0. The SMILES string of the molecule is Fc1c(F)c(F)c([B-](c2sc3c(F)c(F)c(F)c(F)c3[s+]2)(c2c(F)c(F)c(F)c(F)c2F)c2c(F)c(F)c(F)c(F)c2F)c(F)c1F. The van der Waals surface area contributed by atoms with Crippen molar-refractivity contribution in [3.05, 3.63) is 111 Å². The highest BCUT2D eigenvalue weighted by Crippen LogP contribution is 2.37. The molecule has 1 heterocycles. The first-order valence-electron chi connectivity index (χ1n) is 11.6. The number of rotatable bonds is 4. The first kappa shape index (κ1) is 34.3. The Kier molecular flexibility index (Phi) is 8.22. The molecule has 0 saturated heterocycles. The number of fused-ring (bicyclic) bond motifs is 1. The number of halogens is 19. The number of benzene rings is 4. The van der Waals surface area contributed by atoms with Gasteiger partial charge in [0.25, 0.3) is 0 Å². The first-order chi connectivity index (χ1) is 21.8. The van der Waals surface area contributed by atoms with E-state index in [0.29, 0.717) is 0 Å². The molecule has 0 N–H and O–H groups in total. The van der Waals surface area contributed by atoms with Crippen LogP contribution in [0.5, 0.6) is 0 Å². The Balaban J connectivity index is 2.30. The summed E-state index contributed by atoms with van der Waals surface area (Å²) < 4.78 is 276. The molecule has 22 heteroatoms. The van der Waals surface area contributed by atoms with E-state index in [1.165, 1.54) is 0 Å². The molecular weight excluding hydrogens is 736 g/mol. The molecule has 0 unspecified atom stereocenters. The summed E-state index contributed by atoms with van der Waals surface area (Å²) in [6.45, 7) is 0. The van der Waals surface area contributed by atoms with Crippen molar-refractivity contribution in [3.8, 4) is 0 Å². The molecule has 5 aromatic rings. The lowest BCUT2D eigenvalue weighted by atomic mass is 9.16. The molecule has 0 fully saturated rings. The van der Waals surface area contributed by atoms with Crippen LogP contribution < -0.4 is 20.5 Å². The molecule has 5 rings (SSSR count). The Morgan fingerprint density at radius 3 is 0.830 bits per heavy atom. The Morgan fingerprint density at radius 1 is 0.298 bits per heavy atom. The van der Waals surface area contributed by atoms with E-state index in [1.54, 1.807) is 0 Å². The zero-order valence-electron chi connectivity index (χ0n) is 21.1. The third-order valence-corrected chi connectivity index (χ3v) is 9.89. The van der Waals surface area contributed by atoms with Crippen LogP contribution in [0.3, 0.4) is 0 Å². The van der Waals surface area contributed by atoms with Crippen molar-refractivity contribution in [1.29, 1.82) is 0 Å². The summed E-state index contributed by atoms with van der Waals surface area (Å²) in [5.74, 6) is -60.0. The zero-order valence-corrected chi connectivity index (χ0v) is 22.7. The van der Waals surface area contributed by atoms with Crippen molar-refractivity contribution in [2.24, 2.45) is 0 Å². The monoisotopic (exact) mass is 736 g/mol. The van der Waals surface area contributed by atoms with Gasteiger partial charge in [-0.15, -0.1) is 16.4 Å². The minimum Gasteiger partial charge on any atom is -0.207 e. The van der Waals surface area contributed by atoms with Crippen molar-refractivity contribution in [3.63, 3.8) is 0 Å². The average molecular weight is 736 g/mol. The molecule has 0 amide bonds. The number of hydrogen-bond donors (Lipinski definition) is 0. The fourth-order valence-electron chi connectivity index (χ4n) is 4.97. The summed E-state index contributed by atoms with van der Waals surface area (Å²) in [5, 5.41) is 0. The van der Waals surface area contributed by atoms with Crippen molar-refractivity contribution in [2.45, 2.75) is 0 Å². The maximum atomic E-state index is 15.6. The molecule has 0 saturated carbocycles. The van der Waals surface area contributed by atoms with Gasteiger partial charge in [-0.25, -0.2) is 74.6 Å². The molecule has 0 radical (unpaired) electrons. The van der Waals surface area contributed by atoms with Crippen LogP contribution in [0.4, 0.5) is 83.4 Å². The van der Waals surface area contributed by atoms with E-state index in [9.17, 15) is 57.1 Å². The first-order valence-corrected chi connectivity index (χ1v) is 13.2. The van der Waals surface area contributed by atoms with Gasteiger partial charge in [0.2, 0.25) is 38.8 Å². The lowest BCUT2D eigenvalue weighted by molar-refractivity contribution is 0.380. The van der Waals surface area contributed by atoms with E-state index in [-0.39, 0.29) is 0 Å². The Hall–Kier alpha value is -4.08. The van der Waals surface area contributed by atoms with Crippen LogP contribution in [0.15, 0.2) is 0 Å². The standard InChI is InChI=1S/C25BF19S2/c27-4-1(5(28)11(34)16(39)10(4)33)26(2-6(29)12(35)17(40)13(36)7(2)30,3-8(31)14(37)18(41)15(38)9(3)32)25-46-23-21(44)19(42)20(43)22(45)24(23)47-25. The van der Waals surface area contributed by atoms with E-state index < -0.39 is 169 Å². The quantitative estimate of drug-likeness (QED) is 0.0600. The highest BCUT2D eigenvalue weighted by molar-refractivity contribution is 7.56. The van der Waals surface area contributed by atoms with Crippen LogP contribution in [0, 0.1) is 111 Å². The molecule has 47 heavy (non-hydrogen) atoms. The number of hydrogen-bond acceptors (Lipinski definition) is 1. The van der Waals surface area contributed by atoms with Gasteiger partial charge in [0.05, 0.1) is 0 Å². The van der Waals surface area contributed by atoms with E-state index in [4.69, 9.17) is 0 Å². The maximum absolute atomic E-state index is 15.6. The predicted molar refractivity (Wildman–Crippen MR) is 127 cm³/mol. The molecule has 4 aromatic carbocycles. The van der Waals surface area contributed by atoms with Crippen molar-refractivity contribution < 1.29 is 83.4 Å². The molecule has 0 nitrogen and oxygen atoms in total. The van der Waals surface area contributed by atoms with Gasteiger partial charge in [0.1, 0.15) is 39.0 Å². The van der Waals surface area contributed by atoms with E-state index in [2.05, 4.69) is 0 Å². The summed E-state index contributed by atoms with van der Waals surface area (Å²) in [6, 6.07) is 0. The lowest BCUT2D eigenvalue weighted by Crippen LogP contribution is -2.78. The van der Waals surface area contributed by atoms with E-state index in [0.717, 1.165) is 0 Å². The Bertz CT molecular complexity index is 1910. The average Bonchev–Trinajstić information content (AvgIpc) is 3.50. The van der Waals surface area contributed by atoms with E-state index in [1.807, 2.05) is 0 Å².